The van der Waals surface area contributed by atoms with Crippen molar-refractivity contribution in [1.29, 1.82) is 0 Å². The van der Waals surface area contributed by atoms with Crippen LogP contribution in [0.1, 0.15) is 47.9 Å². The summed E-state index contributed by atoms with van der Waals surface area (Å²) in [7, 11) is 1.69. The molecule has 1 unspecified atom stereocenters. The number of benzene rings is 3. The summed E-state index contributed by atoms with van der Waals surface area (Å²) < 4.78 is 11.5. The van der Waals surface area contributed by atoms with Crippen molar-refractivity contribution >= 4 is 29.0 Å². The average Bonchev–Trinajstić information content (AvgIpc) is 3.43. The van der Waals surface area contributed by atoms with Gasteiger partial charge in [-0.05, 0) is 48.7 Å². The first kappa shape index (κ1) is 25.8. The van der Waals surface area contributed by atoms with Crippen molar-refractivity contribution in [1.82, 2.24) is 5.06 Å². The quantitative estimate of drug-likeness (QED) is 0.333. The minimum absolute atomic E-state index is 0.154. The number of rotatable bonds is 8. The minimum atomic E-state index is -0.386. The lowest BCUT2D eigenvalue weighted by Crippen LogP contribution is -2.19. The van der Waals surface area contributed by atoms with Crippen LogP contribution in [0.25, 0.3) is 5.57 Å². The molecular formula is C31H30N2O4S. The third kappa shape index (κ3) is 4.87. The fourth-order valence-electron chi connectivity index (χ4n) is 4.93. The number of hydrogen-bond acceptors (Lipinski definition) is 7. The van der Waals surface area contributed by atoms with Crippen molar-refractivity contribution in [2.24, 2.45) is 4.99 Å². The number of ether oxygens (including phenoxy) is 2. The van der Waals surface area contributed by atoms with E-state index in [0.717, 1.165) is 38.4 Å². The van der Waals surface area contributed by atoms with E-state index in [1.165, 1.54) is 5.06 Å². The van der Waals surface area contributed by atoms with Gasteiger partial charge < -0.3 is 9.47 Å². The Morgan fingerprint density at radius 1 is 1.03 bits per heavy atom. The van der Waals surface area contributed by atoms with Gasteiger partial charge in [0.05, 0.1) is 30.2 Å². The van der Waals surface area contributed by atoms with Crippen molar-refractivity contribution in [3.8, 4) is 5.75 Å². The molecule has 7 heteroatoms. The van der Waals surface area contributed by atoms with E-state index in [2.05, 4.69) is 4.99 Å². The number of nitrogens with zero attached hydrogens (tertiary/aromatic N) is 2. The Hall–Kier alpha value is -3.81. The Kier molecular flexibility index (Phi) is 7.67. The molecular weight excluding hydrogens is 496 g/mol. The number of thioether (sulfide) groups is 1. The SMILES string of the molecule is CCOC(=O)C1=C(c2ccccc2)c2ccc(OCCC3=C(C)SC(c4ccccc4)N3O)cc2/C1=N\C. The molecule has 1 atom stereocenters. The minimum Gasteiger partial charge on any atom is -0.493 e. The van der Waals surface area contributed by atoms with E-state index in [9.17, 15) is 10.0 Å². The zero-order valence-electron chi connectivity index (χ0n) is 21.7. The normalized spacial score (nSPS) is 17.8. The molecule has 0 saturated carbocycles. The predicted molar refractivity (Wildman–Crippen MR) is 151 cm³/mol. The van der Waals surface area contributed by atoms with Gasteiger partial charge in [-0.1, -0.05) is 72.4 Å². The van der Waals surface area contributed by atoms with E-state index < -0.39 is 0 Å². The van der Waals surface area contributed by atoms with Crippen molar-refractivity contribution in [2.75, 3.05) is 20.3 Å². The fourth-order valence-corrected chi connectivity index (χ4v) is 6.11. The molecule has 6 nitrogen and oxygen atoms in total. The van der Waals surface area contributed by atoms with Crippen LogP contribution in [-0.4, -0.2) is 42.2 Å². The first-order valence-electron chi connectivity index (χ1n) is 12.6. The zero-order chi connectivity index (χ0) is 26.6. The van der Waals surface area contributed by atoms with Gasteiger partial charge in [0.15, 0.2) is 0 Å². The van der Waals surface area contributed by atoms with E-state index in [4.69, 9.17) is 9.47 Å². The summed E-state index contributed by atoms with van der Waals surface area (Å²) in [6, 6.07) is 25.6. The van der Waals surface area contributed by atoms with Crippen LogP contribution < -0.4 is 4.74 Å². The highest BCUT2D eigenvalue weighted by molar-refractivity contribution is 8.03. The second-order valence-corrected chi connectivity index (χ2v) is 10.2. The Morgan fingerprint density at radius 2 is 1.74 bits per heavy atom. The number of hydrogen-bond donors (Lipinski definition) is 1. The van der Waals surface area contributed by atoms with Crippen LogP contribution in [0.15, 0.2) is 100 Å². The molecule has 1 aliphatic heterocycles. The van der Waals surface area contributed by atoms with Crippen LogP contribution in [-0.2, 0) is 9.53 Å². The predicted octanol–water partition coefficient (Wildman–Crippen LogP) is 6.62. The number of esters is 1. The molecule has 0 saturated heterocycles. The number of hydroxylamine groups is 2. The molecule has 5 rings (SSSR count). The highest BCUT2D eigenvalue weighted by Gasteiger charge is 2.34. The lowest BCUT2D eigenvalue weighted by molar-refractivity contribution is -0.137. The van der Waals surface area contributed by atoms with E-state index in [1.54, 1.807) is 25.7 Å². The summed E-state index contributed by atoms with van der Waals surface area (Å²) >= 11 is 1.64. The van der Waals surface area contributed by atoms with Crippen LogP contribution in [0.4, 0.5) is 0 Å². The van der Waals surface area contributed by atoms with Crippen LogP contribution in [0.3, 0.4) is 0 Å². The summed E-state index contributed by atoms with van der Waals surface area (Å²) in [5.41, 5.74) is 6.49. The smallest absolute Gasteiger partial charge is 0.340 e. The number of aliphatic imine (C=N–C) groups is 1. The second kappa shape index (κ2) is 11.3. The first-order valence-corrected chi connectivity index (χ1v) is 13.5. The van der Waals surface area contributed by atoms with Crippen molar-refractivity contribution in [3.63, 3.8) is 0 Å². The maximum Gasteiger partial charge on any atom is 0.340 e. The average molecular weight is 527 g/mol. The molecule has 0 fully saturated rings. The van der Waals surface area contributed by atoms with Crippen LogP contribution in [0, 0.1) is 0 Å². The lowest BCUT2D eigenvalue weighted by atomic mass is 9.97. The highest BCUT2D eigenvalue weighted by atomic mass is 32.2. The molecule has 1 N–H and O–H groups in total. The van der Waals surface area contributed by atoms with Gasteiger partial charge in [0.1, 0.15) is 11.1 Å². The molecule has 0 spiro atoms. The Bertz CT molecular complexity index is 1430. The van der Waals surface area contributed by atoms with Gasteiger partial charge in [-0.3, -0.25) is 10.2 Å². The molecule has 194 valence electrons. The van der Waals surface area contributed by atoms with Gasteiger partial charge in [0.2, 0.25) is 0 Å². The lowest BCUT2D eigenvalue weighted by Gasteiger charge is -2.22. The van der Waals surface area contributed by atoms with E-state index >= 15 is 0 Å². The molecule has 0 bridgehead atoms. The third-order valence-corrected chi connectivity index (χ3v) is 7.94. The monoisotopic (exact) mass is 526 g/mol. The largest absolute Gasteiger partial charge is 0.493 e. The van der Waals surface area contributed by atoms with E-state index in [0.29, 0.717) is 30.1 Å². The molecule has 0 amide bonds. The third-order valence-electron chi connectivity index (χ3n) is 6.65. The maximum absolute atomic E-state index is 13.0. The number of allylic oxidation sites excluding steroid dienone is 1. The molecule has 0 radical (unpaired) electrons. The highest BCUT2D eigenvalue weighted by Crippen LogP contribution is 2.47. The van der Waals surface area contributed by atoms with Crippen molar-refractivity contribution < 1.29 is 19.5 Å². The van der Waals surface area contributed by atoms with E-state index in [1.807, 2.05) is 85.8 Å². The maximum atomic E-state index is 13.0. The van der Waals surface area contributed by atoms with Crippen molar-refractivity contribution in [2.45, 2.75) is 25.6 Å². The molecule has 3 aromatic rings. The van der Waals surface area contributed by atoms with Crippen LogP contribution in [0.2, 0.25) is 0 Å². The van der Waals surface area contributed by atoms with Gasteiger partial charge in [-0.2, -0.15) is 0 Å². The molecule has 0 aromatic heterocycles. The molecule has 1 aliphatic carbocycles. The molecule has 38 heavy (non-hydrogen) atoms. The molecule has 1 heterocycles. The van der Waals surface area contributed by atoms with Gasteiger partial charge in [0, 0.05) is 29.5 Å². The summed E-state index contributed by atoms with van der Waals surface area (Å²) in [5, 5.41) is 12.1. The van der Waals surface area contributed by atoms with Crippen LogP contribution in [0.5, 0.6) is 5.75 Å². The number of carbonyl (C=O) groups is 1. The number of fused-ring (bicyclic) bond motifs is 1. The van der Waals surface area contributed by atoms with Gasteiger partial charge >= 0.3 is 5.97 Å². The summed E-state index contributed by atoms with van der Waals surface area (Å²) in [4.78, 5) is 18.6. The molecule has 2 aliphatic rings. The standard InChI is InChI=1S/C31H30N2O4S/c1-4-36-31(34)28-27(21-11-7-5-8-12-21)24-16-15-23(19-25(24)29(28)32-3)37-18-17-26-20(2)38-30(33(26)35)22-13-9-6-10-14-22/h5-16,19,30,35H,4,17-18H2,1-3H3/b32-29+. The zero-order valence-corrected chi connectivity index (χ0v) is 22.5. The summed E-state index contributed by atoms with van der Waals surface area (Å²) in [6.07, 6.45) is 0.562. The Morgan fingerprint density at radius 3 is 2.42 bits per heavy atom. The molecule has 3 aromatic carbocycles. The first-order chi connectivity index (χ1) is 18.5. The van der Waals surface area contributed by atoms with Crippen molar-refractivity contribution in [3.05, 3.63) is 117 Å². The van der Waals surface area contributed by atoms with Crippen LogP contribution >= 0.6 is 11.8 Å². The Balaban J connectivity index is 1.35. The number of carbonyl (C=O) groups excluding carboxylic acids is 1. The Labute approximate surface area is 227 Å². The van der Waals surface area contributed by atoms with Gasteiger partial charge in [-0.15, -0.1) is 0 Å². The van der Waals surface area contributed by atoms with E-state index in [-0.39, 0.29) is 18.0 Å². The van der Waals surface area contributed by atoms with Gasteiger partial charge in [-0.25, -0.2) is 9.86 Å². The van der Waals surface area contributed by atoms with Gasteiger partial charge in [0.25, 0.3) is 0 Å². The summed E-state index contributed by atoms with van der Waals surface area (Å²) in [6.45, 7) is 4.51. The topological polar surface area (TPSA) is 71.4 Å². The summed E-state index contributed by atoms with van der Waals surface area (Å²) in [5.74, 6) is 0.290. The second-order valence-electron chi connectivity index (χ2n) is 8.94. The fraction of sp³-hybridized carbons (Fsp3) is 0.226.